The van der Waals surface area contributed by atoms with E-state index in [1.54, 1.807) is 0 Å². The molecule has 0 aromatic carbocycles. The van der Waals surface area contributed by atoms with Crippen molar-refractivity contribution in [3.05, 3.63) is 0 Å². The van der Waals surface area contributed by atoms with Gasteiger partial charge < -0.3 is 10.1 Å². The highest BCUT2D eigenvalue weighted by atomic mass is 16.6. The summed E-state index contributed by atoms with van der Waals surface area (Å²) in [7, 11) is 0. The molecule has 1 unspecified atom stereocenters. The summed E-state index contributed by atoms with van der Waals surface area (Å²) in [6, 6.07) is 0. The van der Waals surface area contributed by atoms with Gasteiger partial charge in [0.1, 0.15) is 5.60 Å². The maximum absolute atomic E-state index is 11.6. The Hall–Kier alpha value is -0.570. The first-order valence-corrected chi connectivity index (χ1v) is 4.92. The van der Waals surface area contributed by atoms with E-state index in [1.807, 2.05) is 20.8 Å². The van der Waals surface area contributed by atoms with Crippen LogP contribution in [-0.2, 0) is 9.53 Å². The molecule has 0 amide bonds. The van der Waals surface area contributed by atoms with Gasteiger partial charge in [0.15, 0.2) is 0 Å². The molecule has 1 atom stereocenters. The molecular weight excluding hydrogens is 166 g/mol. The minimum absolute atomic E-state index is 0.0558. The summed E-state index contributed by atoms with van der Waals surface area (Å²) < 4.78 is 5.30. The van der Waals surface area contributed by atoms with Crippen molar-refractivity contribution in [2.24, 2.45) is 5.92 Å². The normalized spacial score (nSPS) is 24.1. The molecule has 0 aromatic heterocycles. The Bertz CT molecular complexity index is 178. The largest absolute Gasteiger partial charge is 0.460 e. The van der Waals surface area contributed by atoms with E-state index in [9.17, 15) is 4.79 Å². The summed E-state index contributed by atoms with van der Waals surface area (Å²) >= 11 is 0. The molecule has 1 saturated heterocycles. The summed E-state index contributed by atoms with van der Waals surface area (Å²) in [4.78, 5) is 11.6. The Morgan fingerprint density at radius 1 is 1.46 bits per heavy atom. The topological polar surface area (TPSA) is 38.3 Å². The minimum atomic E-state index is -0.353. The maximum atomic E-state index is 11.6. The van der Waals surface area contributed by atoms with Crippen LogP contribution in [-0.4, -0.2) is 24.7 Å². The maximum Gasteiger partial charge on any atom is 0.310 e. The second-order valence-corrected chi connectivity index (χ2v) is 4.58. The predicted molar refractivity (Wildman–Crippen MR) is 51.4 cm³/mol. The van der Waals surface area contributed by atoms with Crippen LogP contribution in [0.25, 0.3) is 0 Å². The fourth-order valence-corrected chi connectivity index (χ4v) is 1.44. The Labute approximate surface area is 79.8 Å². The molecule has 3 heteroatoms. The Morgan fingerprint density at radius 3 is 2.62 bits per heavy atom. The van der Waals surface area contributed by atoms with Gasteiger partial charge in [-0.2, -0.15) is 0 Å². The summed E-state index contributed by atoms with van der Waals surface area (Å²) in [5.74, 6) is 0.00711. The SMILES string of the molecule is CC(C)(C)OC(=O)C1CCCNC1. The first-order chi connectivity index (χ1) is 5.99. The zero-order chi connectivity index (χ0) is 9.90. The molecule has 1 N–H and O–H groups in total. The zero-order valence-electron chi connectivity index (χ0n) is 8.72. The van der Waals surface area contributed by atoms with Gasteiger partial charge in [-0.1, -0.05) is 0 Å². The number of hydrogen-bond acceptors (Lipinski definition) is 3. The van der Waals surface area contributed by atoms with Crippen molar-refractivity contribution < 1.29 is 9.53 Å². The molecule has 13 heavy (non-hydrogen) atoms. The van der Waals surface area contributed by atoms with Crippen molar-refractivity contribution in [2.75, 3.05) is 13.1 Å². The van der Waals surface area contributed by atoms with Crippen LogP contribution < -0.4 is 5.32 Å². The van der Waals surface area contributed by atoms with E-state index in [-0.39, 0.29) is 17.5 Å². The number of esters is 1. The number of ether oxygens (including phenoxy) is 1. The summed E-state index contributed by atoms with van der Waals surface area (Å²) in [6.45, 7) is 7.51. The van der Waals surface area contributed by atoms with E-state index in [0.29, 0.717) is 0 Å². The molecule has 76 valence electrons. The Morgan fingerprint density at radius 2 is 2.15 bits per heavy atom. The molecule has 0 bridgehead atoms. The smallest absolute Gasteiger partial charge is 0.310 e. The van der Waals surface area contributed by atoms with Gasteiger partial charge in [-0.15, -0.1) is 0 Å². The highest BCUT2D eigenvalue weighted by molar-refractivity contribution is 5.73. The highest BCUT2D eigenvalue weighted by Gasteiger charge is 2.26. The highest BCUT2D eigenvalue weighted by Crippen LogP contribution is 2.16. The van der Waals surface area contributed by atoms with Crippen molar-refractivity contribution in [1.29, 1.82) is 0 Å². The monoisotopic (exact) mass is 185 g/mol. The molecule has 0 aromatic rings. The predicted octanol–water partition coefficient (Wildman–Crippen LogP) is 1.33. The summed E-state index contributed by atoms with van der Waals surface area (Å²) in [6.07, 6.45) is 2.03. The fraction of sp³-hybridized carbons (Fsp3) is 0.900. The van der Waals surface area contributed by atoms with Crippen molar-refractivity contribution >= 4 is 5.97 Å². The minimum Gasteiger partial charge on any atom is -0.460 e. The quantitative estimate of drug-likeness (QED) is 0.626. The number of nitrogens with one attached hydrogen (secondary N) is 1. The lowest BCUT2D eigenvalue weighted by molar-refractivity contribution is -0.160. The molecule has 1 aliphatic heterocycles. The van der Waals surface area contributed by atoms with Crippen molar-refractivity contribution in [3.8, 4) is 0 Å². The molecule has 0 radical (unpaired) electrons. The van der Waals surface area contributed by atoms with E-state index in [4.69, 9.17) is 4.74 Å². The van der Waals surface area contributed by atoms with Crippen molar-refractivity contribution in [2.45, 2.75) is 39.2 Å². The van der Waals surface area contributed by atoms with Crippen LogP contribution in [0.3, 0.4) is 0 Å². The molecular formula is C10H19NO2. The van der Waals surface area contributed by atoms with Crippen LogP contribution in [0.2, 0.25) is 0 Å². The lowest BCUT2D eigenvalue weighted by atomic mass is 10.00. The lowest BCUT2D eigenvalue weighted by Gasteiger charge is -2.26. The number of piperidine rings is 1. The molecule has 1 aliphatic rings. The standard InChI is InChI=1S/C10H19NO2/c1-10(2,3)13-9(12)8-5-4-6-11-7-8/h8,11H,4-7H2,1-3H3. The van der Waals surface area contributed by atoms with Gasteiger partial charge >= 0.3 is 5.97 Å². The van der Waals surface area contributed by atoms with E-state index in [1.165, 1.54) is 0 Å². The van der Waals surface area contributed by atoms with E-state index >= 15 is 0 Å². The Kier molecular flexibility index (Phi) is 3.31. The van der Waals surface area contributed by atoms with Gasteiger partial charge in [0.05, 0.1) is 5.92 Å². The van der Waals surface area contributed by atoms with E-state index < -0.39 is 0 Å². The number of carbonyl (C=O) groups is 1. The number of hydrogen-bond donors (Lipinski definition) is 1. The molecule has 0 saturated carbocycles. The summed E-state index contributed by atoms with van der Waals surface area (Å²) in [5.41, 5.74) is -0.353. The summed E-state index contributed by atoms with van der Waals surface area (Å²) in [5, 5.41) is 3.20. The molecule has 0 aliphatic carbocycles. The number of carbonyl (C=O) groups excluding carboxylic acids is 1. The van der Waals surface area contributed by atoms with Crippen LogP contribution in [0.5, 0.6) is 0 Å². The fourth-order valence-electron chi connectivity index (χ4n) is 1.44. The molecule has 3 nitrogen and oxygen atoms in total. The van der Waals surface area contributed by atoms with Gasteiger partial charge in [0.2, 0.25) is 0 Å². The first kappa shape index (κ1) is 10.5. The molecule has 1 fully saturated rings. The van der Waals surface area contributed by atoms with Gasteiger partial charge in [0, 0.05) is 6.54 Å². The third-order valence-electron chi connectivity index (χ3n) is 2.04. The average molecular weight is 185 g/mol. The zero-order valence-corrected chi connectivity index (χ0v) is 8.72. The Balaban J connectivity index is 2.38. The van der Waals surface area contributed by atoms with Crippen LogP contribution in [0.1, 0.15) is 33.6 Å². The average Bonchev–Trinajstić information content (AvgIpc) is 2.03. The molecule has 1 rings (SSSR count). The van der Waals surface area contributed by atoms with Gasteiger partial charge in [0.25, 0.3) is 0 Å². The second-order valence-electron chi connectivity index (χ2n) is 4.58. The van der Waals surface area contributed by atoms with Crippen molar-refractivity contribution in [1.82, 2.24) is 5.32 Å². The molecule has 0 spiro atoms. The van der Waals surface area contributed by atoms with Gasteiger partial charge in [-0.25, -0.2) is 0 Å². The van der Waals surface area contributed by atoms with E-state index in [0.717, 1.165) is 25.9 Å². The van der Waals surface area contributed by atoms with Crippen LogP contribution in [0.4, 0.5) is 0 Å². The lowest BCUT2D eigenvalue weighted by Crippen LogP contribution is -2.38. The number of rotatable bonds is 1. The van der Waals surface area contributed by atoms with Gasteiger partial charge in [-0.05, 0) is 40.2 Å². The third-order valence-corrected chi connectivity index (χ3v) is 2.04. The van der Waals surface area contributed by atoms with Crippen LogP contribution in [0.15, 0.2) is 0 Å². The van der Waals surface area contributed by atoms with E-state index in [2.05, 4.69) is 5.32 Å². The third kappa shape index (κ3) is 3.77. The second kappa shape index (κ2) is 4.09. The van der Waals surface area contributed by atoms with Crippen molar-refractivity contribution in [3.63, 3.8) is 0 Å². The van der Waals surface area contributed by atoms with Crippen LogP contribution >= 0.6 is 0 Å². The van der Waals surface area contributed by atoms with Crippen LogP contribution in [0, 0.1) is 5.92 Å². The van der Waals surface area contributed by atoms with Gasteiger partial charge in [-0.3, -0.25) is 4.79 Å². The first-order valence-electron chi connectivity index (χ1n) is 4.92. The molecule has 1 heterocycles.